The number of hydrogen-bond acceptors (Lipinski definition) is 5. The van der Waals surface area contributed by atoms with Crippen LogP contribution in [0.15, 0.2) is 41.0 Å². The van der Waals surface area contributed by atoms with Crippen LogP contribution in [0.3, 0.4) is 0 Å². The van der Waals surface area contributed by atoms with E-state index in [1.165, 1.54) is 17.4 Å². The van der Waals surface area contributed by atoms with Crippen molar-refractivity contribution in [3.05, 3.63) is 53.5 Å². The molecule has 2 amide bonds. The molecule has 6 nitrogen and oxygen atoms in total. The van der Waals surface area contributed by atoms with Crippen LogP contribution in [0, 0.1) is 0 Å². The predicted octanol–water partition coefficient (Wildman–Crippen LogP) is 7.31. The van der Waals surface area contributed by atoms with Crippen molar-refractivity contribution in [2.75, 3.05) is 18.9 Å². The molecule has 2 aromatic rings. The monoisotopic (exact) mass is 556 g/mol. The van der Waals surface area contributed by atoms with E-state index in [4.69, 9.17) is 9.15 Å². The molecule has 1 fully saturated rings. The summed E-state index contributed by atoms with van der Waals surface area (Å²) in [4.78, 5) is 27.9. The maximum atomic E-state index is 13.1. The van der Waals surface area contributed by atoms with Gasteiger partial charge in [-0.15, -0.1) is 11.8 Å². The van der Waals surface area contributed by atoms with E-state index < -0.39 is 6.04 Å². The number of thioether (sulfide) groups is 1. The van der Waals surface area contributed by atoms with Crippen molar-refractivity contribution >= 4 is 23.6 Å². The van der Waals surface area contributed by atoms with E-state index in [0.29, 0.717) is 18.9 Å². The molecule has 1 N–H and O–H groups in total. The van der Waals surface area contributed by atoms with Crippen LogP contribution >= 0.6 is 11.8 Å². The van der Waals surface area contributed by atoms with Crippen molar-refractivity contribution in [1.82, 2.24) is 10.2 Å². The maximum absolute atomic E-state index is 13.1. The highest BCUT2D eigenvalue weighted by atomic mass is 32.2. The first-order chi connectivity index (χ1) is 18.6. The van der Waals surface area contributed by atoms with E-state index in [1.807, 2.05) is 0 Å². The number of ether oxygens (including phenoxy) is 1. The summed E-state index contributed by atoms with van der Waals surface area (Å²) >= 11 is 1.67. The van der Waals surface area contributed by atoms with Gasteiger partial charge in [-0.1, -0.05) is 67.0 Å². The van der Waals surface area contributed by atoms with Gasteiger partial charge in [-0.25, -0.2) is 0 Å². The first kappa shape index (κ1) is 31.1. The lowest BCUT2D eigenvalue weighted by atomic mass is 9.76. The van der Waals surface area contributed by atoms with Gasteiger partial charge in [0, 0.05) is 17.9 Å². The third-order valence-corrected chi connectivity index (χ3v) is 9.64. The fraction of sp³-hybridized carbons (Fsp3) is 0.625. The molecule has 1 aliphatic heterocycles. The lowest BCUT2D eigenvalue weighted by Crippen LogP contribution is -2.50. The average molecular weight is 557 g/mol. The summed E-state index contributed by atoms with van der Waals surface area (Å²) in [7, 11) is 0. The maximum Gasteiger partial charge on any atom is 0.291 e. The lowest BCUT2D eigenvalue weighted by molar-refractivity contribution is -0.124. The normalized spacial score (nSPS) is 17.9. The zero-order valence-corrected chi connectivity index (χ0v) is 25.8. The number of nitrogens with zero attached hydrogens (tertiary/aromatic N) is 1. The molecule has 0 aliphatic carbocycles. The van der Waals surface area contributed by atoms with Gasteiger partial charge in [-0.2, -0.15) is 0 Å². The second-order valence-electron chi connectivity index (χ2n) is 11.8. The van der Waals surface area contributed by atoms with E-state index in [-0.39, 0.29) is 33.8 Å². The highest BCUT2D eigenvalue weighted by Gasteiger charge is 2.42. The minimum atomic E-state index is -0.481. The molecular formula is C32H48N2O4S. The minimum absolute atomic E-state index is 0.00685. The summed E-state index contributed by atoms with van der Waals surface area (Å²) in [5, 5.41) is 3.05. The van der Waals surface area contributed by atoms with E-state index in [2.05, 4.69) is 72.0 Å². The number of amides is 2. The number of furan rings is 1. The largest absolute Gasteiger partial charge is 0.493 e. The summed E-state index contributed by atoms with van der Waals surface area (Å²) in [6, 6.07) is 9.56. The van der Waals surface area contributed by atoms with Crippen molar-refractivity contribution in [3.8, 4) is 5.75 Å². The SMILES string of the molecule is CCCC1SCC(C(=O)NCCCCOc2ccc(C(C)(C)CC)cc2C(C)(C)CC)N1C(=O)c1ccco1. The Morgan fingerprint density at radius 2 is 1.82 bits per heavy atom. The molecule has 2 heterocycles. The number of hydrogen-bond donors (Lipinski definition) is 1. The van der Waals surface area contributed by atoms with Crippen LogP contribution in [0.1, 0.15) is 109 Å². The molecule has 1 aliphatic rings. The van der Waals surface area contributed by atoms with Crippen molar-refractivity contribution < 1.29 is 18.7 Å². The smallest absolute Gasteiger partial charge is 0.291 e. The van der Waals surface area contributed by atoms with E-state index in [9.17, 15) is 9.59 Å². The molecule has 0 spiro atoms. The van der Waals surface area contributed by atoms with Gasteiger partial charge in [-0.3, -0.25) is 9.59 Å². The lowest BCUT2D eigenvalue weighted by Gasteiger charge is -2.30. The van der Waals surface area contributed by atoms with Gasteiger partial charge < -0.3 is 19.4 Å². The highest BCUT2D eigenvalue weighted by Crippen LogP contribution is 2.38. The Morgan fingerprint density at radius 1 is 1.08 bits per heavy atom. The summed E-state index contributed by atoms with van der Waals surface area (Å²) in [6.45, 7) is 16.8. The van der Waals surface area contributed by atoms with Gasteiger partial charge in [0.2, 0.25) is 5.91 Å². The molecule has 3 rings (SSSR count). The summed E-state index contributed by atoms with van der Waals surface area (Å²) in [6.07, 6.45) is 7.05. The topological polar surface area (TPSA) is 71.8 Å². The third-order valence-electron chi connectivity index (χ3n) is 8.28. The summed E-state index contributed by atoms with van der Waals surface area (Å²) < 4.78 is 11.6. The number of carbonyl (C=O) groups is 2. The van der Waals surface area contributed by atoms with Gasteiger partial charge in [0.25, 0.3) is 5.91 Å². The summed E-state index contributed by atoms with van der Waals surface area (Å²) in [5.41, 5.74) is 2.76. The minimum Gasteiger partial charge on any atom is -0.493 e. The van der Waals surface area contributed by atoms with Gasteiger partial charge >= 0.3 is 0 Å². The zero-order valence-electron chi connectivity index (χ0n) is 25.0. The number of unbranched alkanes of at least 4 members (excludes halogenated alkanes) is 1. The Balaban J connectivity index is 1.53. The molecule has 1 saturated heterocycles. The van der Waals surface area contributed by atoms with Gasteiger partial charge in [-0.05, 0) is 66.7 Å². The van der Waals surface area contributed by atoms with Gasteiger partial charge in [0.1, 0.15) is 11.8 Å². The number of carbonyl (C=O) groups excluding carboxylic acids is 2. The van der Waals surface area contributed by atoms with E-state index in [0.717, 1.165) is 44.3 Å². The third kappa shape index (κ3) is 7.62. The van der Waals surface area contributed by atoms with Crippen LogP contribution in [0.25, 0.3) is 0 Å². The molecule has 216 valence electrons. The Morgan fingerprint density at radius 3 is 2.46 bits per heavy atom. The summed E-state index contributed by atoms with van der Waals surface area (Å²) in [5.74, 6) is 1.54. The van der Waals surface area contributed by atoms with Crippen LogP contribution < -0.4 is 10.1 Å². The van der Waals surface area contributed by atoms with E-state index in [1.54, 1.807) is 28.8 Å². The molecule has 1 aromatic heterocycles. The second-order valence-corrected chi connectivity index (χ2v) is 13.0. The quantitative estimate of drug-likeness (QED) is 0.247. The molecular weight excluding hydrogens is 508 g/mol. The molecule has 0 radical (unpaired) electrons. The first-order valence-corrected chi connectivity index (χ1v) is 15.6. The van der Waals surface area contributed by atoms with Crippen LogP contribution in [-0.4, -0.2) is 47.0 Å². The van der Waals surface area contributed by atoms with E-state index >= 15 is 0 Å². The molecule has 2 unspecified atom stereocenters. The Labute approximate surface area is 239 Å². The highest BCUT2D eigenvalue weighted by molar-refractivity contribution is 8.00. The molecule has 0 saturated carbocycles. The first-order valence-electron chi connectivity index (χ1n) is 14.6. The Kier molecular flexibility index (Phi) is 11.0. The van der Waals surface area contributed by atoms with Crippen LogP contribution in [0.2, 0.25) is 0 Å². The fourth-order valence-corrected chi connectivity index (χ4v) is 6.30. The van der Waals surface area contributed by atoms with Gasteiger partial charge in [0.05, 0.1) is 18.2 Å². The molecule has 7 heteroatoms. The van der Waals surface area contributed by atoms with Crippen molar-refractivity contribution in [1.29, 1.82) is 0 Å². The number of rotatable bonds is 14. The molecule has 0 bridgehead atoms. The van der Waals surface area contributed by atoms with Crippen LogP contribution in [0.5, 0.6) is 5.75 Å². The predicted molar refractivity (Wildman–Crippen MR) is 161 cm³/mol. The Bertz CT molecular complexity index is 1080. The van der Waals surface area contributed by atoms with Crippen LogP contribution in [-0.2, 0) is 15.6 Å². The van der Waals surface area contributed by atoms with Crippen molar-refractivity contribution in [3.63, 3.8) is 0 Å². The van der Waals surface area contributed by atoms with Crippen LogP contribution in [0.4, 0.5) is 0 Å². The van der Waals surface area contributed by atoms with Gasteiger partial charge in [0.15, 0.2) is 5.76 Å². The number of benzene rings is 1. The molecule has 2 atom stereocenters. The zero-order chi connectivity index (χ0) is 28.6. The molecule has 39 heavy (non-hydrogen) atoms. The standard InChI is InChI=1S/C32H48N2O4S/c1-8-14-28-34(30(36)27-15-13-20-38-27)25(22-39-28)29(35)33-18-11-12-19-37-26-17-16-23(31(4,5)9-2)21-24(26)32(6,7)10-3/h13,15-17,20-21,25,28H,8-12,14,18-19,22H2,1-7H3,(H,33,35). The van der Waals surface area contributed by atoms with Crippen molar-refractivity contribution in [2.24, 2.45) is 0 Å². The van der Waals surface area contributed by atoms with Crippen molar-refractivity contribution in [2.45, 2.75) is 109 Å². The average Bonchev–Trinajstić information content (AvgIpc) is 3.61. The fourth-order valence-electron chi connectivity index (χ4n) is 4.77. The Hall–Kier alpha value is -2.41. The second kappa shape index (κ2) is 13.8. The molecule has 1 aromatic carbocycles. The number of nitrogens with one attached hydrogen (secondary N) is 1.